The first-order chi connectivity index (χ1) is 11.3. The van der Waals surface area contributed by atoms with Gasteiger partial charge in [-0.3, -0.25) is 9.48 Å². The third kappa shape index (κ3) is 3.20. The summed E-state index contributed by atoms with van der Waals surface area (Å²) in [5, 5.41) is 11.5. The maximum atomic E-state index is 12.5. The zero-order chi connectivity index (χ0) is 17.5. The molecule has 1 atom stereocenters. The Morgan fingerprint density at radius 3 is 2.88 bits per heavy atom. The average Bonchev–Trinajstić information content (AvgIpc) is 3.07. The Labute approximate surface area is 146 Å². The van der Waals surface area contributed by atoms with Gasteiger partial charge in [0, 0.05) is 19.0 Å². The van der Waals surface area contributed by atoms with Crippen molar-refractivity contribution in [3.63, 3.8) is 0 Å². The van der Waals surface area contributed by atoms with E-state index in [9.17, 15) is 4.79 Å². The molecular weight excluding hydrogens is 328 g/mol. The molecular formula is C17H23ClN4O2. The summed E-state index contributed by atoms with van der Waals surface area (Å²) in [6.07, 6.45) is 4.30. The fraction of sp³-hybridized carbons (Fsp3) is 0.588. The molecule has 0 bridgehead atoms. The predicted octanol–water partition coefficient (Wildman–Crippen LogP) is 3.14. The van der Waals surface area contributed by atoms with Gasteiger partial charge in [0.1, 0.15) is 5.76 Å². The molecule has 2 heterocycles. The van der Waals surface area contributed by atoms with Crippen LogP contribution in [0.3, 0.4) is 0 Å². The molecule has 0 saturated heterocycles. The van der Waals surface area contributed by atoms with Crippen molar-refractivity contribution in [2.24, 2.45) is 18.4 Å². The van der Waals surface area contributed by atoms with Crippen molar-refractivity contribution in [3.8, 4) is 0 Å². The van der Waals surface area contributed by atoms with E-state index in [1.54, 1.807) is 17.9 Å². The number of aromatic nitrogens is 3. The zero-order valence-electron chi connectivity index (χ0n) is 14.5. The predicted molar refractivity (Wildman–Crippen MR) is 90.9 cm³/mol. The van der Waals surface area contributed by atoms with E-state index < -0.39 is 0 Å². The molecule has 0 saturated carbocycles. The molecule has 0 aromatic carbocycles. The van der Waals surface area contributed by atoms with E-state index in [-0.39, 0.29) is 11.3 Å². The number of amides is 1. The van der Waals surface area contributed by atoms with Crippen LogP contribution in [-0.4, -0.2) is 20.8 Å². The molecule has 1 amide bonds. The number of halogens is 1. The van der Waals surface area contributed by atoms with E-state index in [1.807, 2.05) is 0 Å². The van der Waals surface area contributed by atoms with Crippen LogP contribution in [0.5, 0.6) is 0 Å². The average molecular weight is 351 g/mol. The Hall–Kier alpha value is -1.82. The highest BCUT2D eigenvalue weighted by Gasteiger charge is 2.34. The van der Waals surface area contributed by atoms with Crippen molar-refractivity contribution in [3.05, 3.63) is 33.9 Å². The second-order valence-electron chi connectivity index (χ2n) is 7.48. The van der Waals surface area contributed by atoms with Gasteiger partial charge in [-0.2, -0.15) is 5.10 Å². The SMILES string of the molecule is Cn1ncc(Cl)c1CNC(=O)c1noc2c1CC(C(C)(C)C)CC2. The molecule has 1 unspecified atom stereocenters. The standard InChI is InChI=1S/C17H23ClN4O2/c1-17(2,3)10-5-6-14-11(7-10)15(21-24-14)16(23)19-9-13-12(18)8-20-22(13)4/h8,10H,5-7,9H2,1-4H3,(H,19,23). The first-order valence-electron chi connectivity index (χ1n) is 8.19. The maximum Gasteiger partial charge on any atom is 0.274 e. The minimum Gasteiger partial charge on any atom is -0.360 e. The molecule has 7 heteroatoms. The maximum absolute atomic E-state index is 12.5. The lowest BCUT2D eigenvalue weighted by Crippen LogP contribution is -2.29. The van der Waals surface area contributed by atoms with Crippen LogP contribution in [0.15, 0.2) is 10.7 Å². The highest BCUT2D eigenvalue weighted by molar-refractivity contribution is 6.31. The third-order valence-corrected chi connectivity index (χ3v) is 5.22. The lowest BCUT2D eigenvalue weighted by atomic mass is 9.71. The molecule has 3 rings (SSSR count). The molecule has 0 aliphatic heterocycles. The van der Waals surface area contributed by atoms with E-state index in [0.717, 1.165) is 36.3 Å². The normalized spacial score (nSPS) is 17.6. The summed E-state index contributed by atoms with van der Waals surface area (Å²) in [6, 6.07) is 0. The smallest absolute Gasteiger partial charge is 0.274 e. The molecule has 2 aromatic rings. The van der Waals surface area contributed by atoms with E-state index in [1.165, 1.54) is 0 Å². The van der Waals surface area contributed by atoms with Crippen molar-refractivity contribution < 1.29 is 9.32 Å². The summed E-state index contributed by atoms with van der Waals surface area (Å²) >= 11 is 6.07. The van der Waals surface area contributed by atoms with Gasteiger partial charge in [-0.25, -0.2) is 0 Å². The minimum absolute atomic E-state index is 0.199. The Balaban J connectivity index is 1.74. The molecule has 24 heavy (non-hydrogen) atoms. The molecule has 6 nitrogen and oxygen atoms in total. The van der Waals surface area contributed by atoms with Gasteiger partial charge < -0.3 is 9.84 Å². The van der Waals surface area contributed by atoms with Crippen molar-refractivity contribution in [1.29, 1.82) is 0 Å². The lowest BCUT2D eigenvalue weighted by molar-refractivity contribution is 0.0939. The van der Waals surface area contributed by atoms with Crippen molar-refractivity contribution in [1.82, 2.24) is 20.3 Å². The Morgan fingerprint density at radius 2 is 2.25 bits per heavy atom. The number of nitrogens with zero attached hydrogens (tertiary/aromatic N) is 3. The van der Waals surface area contributed by atoms with Gasteiger partial charge in [0.15, 0.2) is 5.69 Å². The van der Waals surface area contributed by atoms with Gasteiger partial charge >= 0.3 is 0 Å². The first kappa shape index (κ1) is 17.0. The van der Waals surface area contributed by atoms with Crippen LogP contribution in [0.2, 0.25) is 5.02 Å². The topological polar surface area (TPSA) is 73.0 Å². The van der Waals surface area contributed by atoms with E-state index in [2.05, 4.69) is 36.3 Å². The summed E-state index contributed by atoms with van der Waals surface area (Å²) in [5.41, 5.74) is 2.31. The van der Waals surface area contributed by atoms with Crippen LogP contribution in [0.1, 0.15) is 54.7 Å². The summed E-state index contributed by atoms with van der Waals surface area (Å²) < 4.78 is 7.05. The van der Waals surface area contributed by atoms with Gasteiger partial charge in [0.2, 0.25) is 0 Å². The number of hydrogen-bond acceptors (Lipinski definition) is 4. The number of carbonyl (C=O) groups is 1. The number of fused-ring (bicyclic) bond motifs is 1. The van der Waals surface area contributed by atoms with Crippen LogP contribution < -0.4 is 5.32 Å². The second-order valence-corrected chi connectivity index (χ2v) is 7.89. The monoisotopic (exact) mass is 350 g/mol. The van der Waals surface area contributed by atoms with E-state index in [4.69, 9.17) is 16.1 Å². The fourth-order valence-electron chi connectivity index (χ4n) is 3.20. The van der Waals surface area contributed by atoms with Gasteiger partial charge in [-0.15, -0.1) is 0 Å². The Morgan fingerprint density at radius 1 is 1.50 bits per heavy atom. The Kier molecular flexibility index (Phi) is 4.42. The molecule has 2 aromatic heterocycles. The summed E-state index contributed by atoms with van der Waals surface area (Å²) in [7, 11) is 1.79. The highest BCUT2D eigenvalue weighted by Crippen LogP contribution is 2.38. The molecule has 130 valence electrons. The third-order valence-electron chi connectivity index (χ3n) is 4.91. The van der Waals surface area contributed by atoms with E-state index in [0.29, 0.717) is 23.2 Å². The summed E-state index contributed by atoms with van der Waals surface area (Å²) in [6.45, 7) is 7.01. The lowest BCUT2D eigenvalue weighted by Gasteiger charge is -2.33. The molecule has 1 aliphatic carbocycles. The molecule has 1 N–H and O–H groups in total. The molecule has 0 fully saturated rings. The first-order valence-corrected chi connectivity index (χ1v) is 8.57. The highest BCUT2D eigenvalue weighted by atomic mass is 35.5. The fourth-order valence-corrected chi connectivity index (χ4v) is 3.44. The number of rotatable bonds is 3. The number of nitrogens with one attached hydrogen (secondary N) is 1. The van der Waals surface area contributed by atoms with Crippen LogP contribution in [-0.2, 0) is 26.4 Å². The molecule has 0 spiro atoms. The van der Waals surface area contributed by atoms with Gasteiger partial charge in [-0.05, 0) is 24.2 Å². The number of hydrogen-bond donors (Lipinski definition) is 1. The van der Waals surface area contributed by atoms with Gasteiger partial charge in [0.25, 0.3) is 5.91 Å². The van der Waals surface area contributed by atoms with Gasteiger partial charge in [-0.1, -0.05) is 37.5 Å². The van der Waals surface area contributed by atoms with Crippen LogP contribution in [0.4, 0.5) is 0 Å². The number of carbonyl (C=O) groups excluding carboxylic acids is 1. The minimum atomic E-state index is -0.230. The van der Waals surface area contributed by atoms with Crippen molar-refractivity contribution >= 4 is 17.5 Å². The Bertz CT molecular complexity index is 738. The van der Waals surface area contributed by atoms with Crippen LogP contribution >= 0.6 is 11.6 Å². The van der Waals surface area contributed by atoms with E-state index >= 15 is 0 Å². The second kappa shape index (κ2) is 6.24. The largest absolute Gasteiger partial charge is 0.360 e. The van der Waals surface area contributed by atoms with Crippen molar-refractivity contribution in [2.75, 3.05) is 0 Å². The summed E-state index contributed by atoms with van der Waals surface area (Å²) in [4.78, 5) is 12.5. The van der Waals surface area contributed by atoms with Gasteiger partial charge in [0.05, 0.1) is 23.5 Å². The number of aryl methyl sites for hydroxylation is 2. The molecule has 1 aliphatic rings. The van der Waals surface area contributed by atoms with Crippen molar-refractivity contribution in [2.45, 2.75) is 46.6 Å². The van der Waals surface area contributed by atoms with Crippen LogP contribution in [0.25, 0.3) is 0 Å². The summed E-state index contributed by atoms with van der Waals surface area (Å²) in [5.74, 6) is 1.13. The van der Waals surface area contributed by atoms with Crippen LogP contribution in [0, 0.1) is 11.3 Å². The quantitative estimate of drug-likeness (QED) is 0.922. The molecule has 0 radical (unpaired) electrons. The zero-order valence-corrected chi connectivity index (χ0v) is 15.3.